The number of nitrogens with zero attached hydrogens (tertiary/aromatic N) is 2. The molecule has 0 aliphatic rings. The molecular formula is C15H12FN3O2. The highest BCUT2D eigenvalue weighted by atomic mass is 19.1. The Balaban J connectivity index is 2.04. The van der Waals surface area contributed by atoms with Gasteiger partial charge in [0.2, 0.25) is 5.82 Å². The van der Waals surface area contributed by atoms with Crippen molar-refractivity contribution in [1.29, 1.82) is 0 Å². The maximum Gasteiger partial charge on any atom is 0.260 e. The smallest absolute Gasteiger partial charge is 0.260 e. The summed E-state index contributed by atoms with van der Waals surface area (Å²) in [5, 5.41) is 3.92. The summed E-state index contributed by atoms with van der Waals surface area (Å²) in [7, 11) is 1.57. The maximum absolute atomic E-state index is 13.1. The Morgan fingerprint density at radius 1 is 1.14 bits per heavy atom. The van der Waals surface area contributed by atoms with Gasteiger partial charge in [0.15, 0.2) is 0 Å². The van der Waals surface area contributed by atoms with E-state index in [9.17, 15) is 4.39 Å². The summed E-state index contributed by atoms with van der Waals surface area (Å²) in [6.45, 7) is 0. The van der Waals surface area contributed by atoms with Crippen LogP contribution in [0.2, 0.25) is 0 Å². The average molecular weight is 285 g/mol. The van der Waals surface area contributed by atoms with Gasteiger partial charge in [-0.15, -0.1) is 0 Å². The third kappa shape index (κ3) is 2.43. The zero-order valence-electron chi connectivity index (χ0n) is 11.2. The standard InChI is InChI=1S/C15H12FN3O2/c1-20-13-5-3-2-4-11(13)14-18-15(21-19-14)10-7-6-9(16)8-12(10)17/h2-8H,17H2,1H3. The lowest BCUT2D eigenvalue weighted by atomic mass is 10.1. The molecule has 0 unspecified atom stereocenters. The Kier molecular flexibility index (Phi) is 3.27. The Labute approximate surface area is 120 Å². The SMILES string of the molecule is COc1ccccc1-c1noc(-c2ccc(F)cc2N)n1. The zero-order valence-corrected chi connectivity index (χ0v) is 11.2. The van der Waals surface area contributed by atoms with E-state index in [1.807, 2.05) is 18.2 Å². The van der Waals surface area contributed by atoms with Gasteiger partial charge in [0.05, 0.1) is 18.2 Å². The molecule has 0 saturated heterocycles. The fourth-order valence-electron chi connectivity index (χ4n) is 2.00. The number of methoxy groups -OCH3 is 1. The van der Waals surface area contributed by atoms with Crippen molar-refractivity contribution in [2.24, 2.45) is 0 Å². The van der Waals surface area contributed by atoms with Gasteiger partial charge < -0.3 is 15.0 Å². The van der Waals surface area contributed by atoms with Crippen LogP contribution in [-0.4, -0.2) is 17.3 Å². The third-order valence-corrected chi connectivity index (χ3v) is 3.02. The van der Waals surface area contributed by atoms with Gasteiger partial charge in [-0.05, 0) is 30.3 Å². The monoisotopic (exact) mass is 285 g/mol. The van der Waals surface area contributed by atoms with E-state index in [1.54, 1.807) is 13.2 Å². The molecule has 6 heteroatoms. The topological polar surface area (TPSA) is 74.2 Å². The van der Waals surface area contributed by atoms with Gasteiger partial charge in [0.25, 0.3) is 5.89 Å². The van der Waals surface area contributed by atoms with Crippen molar-refractivity contribution in [2.45, 2.75) is 0 Å². The van der Waals surface area contributed by atoms with E-state index in [0.717, 1.165) is 0 Å². The first-order valence-electron chi connectivity index (χ1n) is 6.21. The summed E-state index contributed by atoms with van der Waals surface area (Å²) < 4.78 is 23.5. The van der Waals surface area contributed by atoms with Crippen LogP contribution in [0.5, 0.6) is 5.75 Å². The van der Waals surface area contributed by atoms with Crippen LogP contribution in [0.3, 0.4) is 0 Å². The van der Waals surface area contributed by atoms with E-state index in [2.05, 4.69) is 10.1 Å². The lowest BCUT2D eigenvalue weighted by molar-refractivity contribution is 0.413. The number of nitrogens with two attached hydrogens (primary N) is 1. The molecule has 1 heterocycles. The summed E-state index contributed by atoms with van der Waals surface area (Å²) in [6.07, 6.45) is 0. The fraction of sp³-hybridized carbons (Fsp3) is 0.0667. The number of nitrogen functional groups attached to an aromatic ring is 1. The first-order chi connectivity index (χ1) is 10.2. The highest BCUT2D eigenvalue weighted by Gasteiger charge is 2.15. The molecule has 0 radical (unpaired) electrons. The molecule has 0 atom stereocenters. The minimum Gasteiger partial charge on any atom is -0.496 e. The van der Waals surface area contributed by atoms with Crippen molar-refractivity contribution in [3.63, 3.8) is 0 Å². The molecule has 0 saturated carbocycles. The maximum atomic E-state index is 13.1. The average Bonchev–Trinajstić information content (AvgIpc) is 2.96. The third-order valence-electron chi connectivity index (χ3n) is 3.02. The van der Waals surface area contributed by atoms with Gasteiger partial charge in [0.1, 0.15) is 11.6 Å². The summed E-state index contributed by atoms with van der Waals surface area (Å²) >= 11 is 0. The van der Waals surface area contributed by atoms with Crippen molar-refractivity contribution in [3.8, 4) is 28.6 Å². The number of aromatic nitrogens is 2. The summed E-state index contributed by atoms with van der Waals surface area (Å²) in [6, 6.07) is 11.3. The summed E-state index contributed by atoms with van der Waals surface area (Å²) in [5.74, 6) is 0.831. The Hall–Kier alpha value is -2.89. The van der Waals surface area contributed by atoms with Crippen LogP contribution in [0.15, 0.2) is 47.0 Å². The number of halogens is 1. The van der Waals surface area contributed by atoms with Crippen molar-refractivity contribution in [3.05, 3.63) is 48.3 Å². The number of ether oxygens (including phenoxy) is 1. The number of hydrogen-bond acceptors (Lipinski definition) is 5. The minimum absolute atomic E-state index is 0.230. The molecule has 106 valence electrons. The molecule has 0 bridgehead atoms. The fourth-order valence-corrected chi connectivity index (χ4v) is 2.00. The second-order valence-corrected chi connectivity index (χ2v) is 4.35. The van der Waals surface area contributed by atoms with Gasteiger partial charge in [-0.1, -0.05) is 17.3 Å². The largest absolute Gasteiger partial charge is 0.496 e. The van der Waals surface area contributed by atoms with Gasteiger partial charge >= 0.3 is 0 Å². The number of anilines is 1. The van der Waals surface area contributed by atoms with Gasteiger partial charge in [0, 0.05) is 5.69 Å². The minimum atomic E-state index is -0.416. The lowest BCUT2D eigenvalue weighted by Crippen LogP contribution is -1.92. The van der Waals surface area contributed by atoms with Crippen LogP contribution in [-0.2, 0) is 0 Å². The normalized spacial score (nSPS) is 10.6. The van der Waals surface area contributed by atoms with Gasteiger partial charge in [-0.25, -0.2) is 4.39 Å². The number of para-hydroxylation sites is 1. The van der Waals surface area contributed by atoms with Crippen LogP contribution in [0.25, 0.3) is 22.8 Å². The van der Waals surface area contributed by atoms with E-state index in [1.165, 1.54) is 18.2 Å². The molecule has 21 heavy (non-hydrogen) atoms. The molecule has 2 N–H and O–H groups in total. The second kappa shape index (κ2) is 5.24. The second-order valence-electron chi connectivity index (χ2n) is 4.35. The zero-order chi connectivity index (χ0) is 14.8. The molecule has 3 aromatic rings. The Morgan fingerprint density at radius 2 is 1.95 bits per heavy atom. The predicted molar refractivity (Wildman–Crippen MR) is 76.1 cm³/mol. The van der Waals surface area contributed by atoms with E-state index in [0.29, 0.717) is 22.7 Å². The quantitative estimate of drug-likeness (QED) is 0.748. The Morgan fingerprint density at radius 3 is 2.71 bits per heavy atom. The molecule has 1 aromatic heterocycles. The van der Waals surface area contributed by atoms with Gasteiger partial charge in [-0.3, -0.25) is 0 Å². The van der Waals surface area contributed by atoms with Gasteiger partial charge in [-0.2, -0.15) is 4.98 Å². The molecule has 3 rings (SSSR count). The first-order valence-corrected chi connectivity index (χ1v) is 6.21. The van der Waals surface area contributed by atoms with Crippen LogP contribution in [0, 0.1) is 5.82 Å². The van der Waals surface area contributed by atoms with Crippen LogP contribution in [0.4, 0.5) is 10.1 Å². The molecule has 0 amide bonds. The number of benzene rings is 2. The van der Waals surface area contributed by atoms with E-state index >= 15 is 0 Å². The highest BCUT2D eigenvalue weighted by Crippen LogP contribution is 2.31. The molecule has 0 spiro atoms. The first kappa shape index (κ1) is 13.1. The molecule has 5 nitrogen and oxygen atoms in total. The van der Waals surface area contributed by atoms with Crippen molar-refractivity contribution >= 4 is 5.69 Å². The van der Waals surface area contributed by atoms with Crippen molar-refractivity contribution < 1.29 is 13.7 Å². The van der Waals surface area contributed by atoms with Crippen LogP contribution in [0.1, 0.15) is 0 Å². The number of rotatable bonds is 3. The molecule has 0 aliphatic carbocycles. The van der Waals surface area contributed by atoms with Crippen molar-refractivity contribution in [1.82, 2.24) is 10.1 Å². The number of hydrogen-bond donors (Lipinski definition) is 1. The molecule has 0 fully saturated rings. The summed E-state index contributed by atoms with van der Waals surface area (Å²) in [5.41, 5.74) is 7.20. The van der Waals surface area contributed by atoms with E-state index in [4.69, 9.17) is 15.0 Å². The lowest BCUT2D eigenvalue weighted by Gasteiger charge is -2.03. The molecule has 0 aliphatic heterocycles. The van der Waals surface area contributed by atoms with E-state index in [-0.39, 0.29) is 11.6 Å². The summed E-state index contributed by atoms with van der Waals surface area (Å²) in [4.78, 5) is 4.29. The highest BCUT2D eigenvalue weighted by molar-refractivity contribution is 5.72. The van der Waals surface area contributed by atoms with E-state index < -0.39 is 5.82 Å². The van der Waals surface area contributed by atoms with Crippen LogP contribution < -0.4 is 10.5 Å². The van der Waals surface area contributed by atoms with Crippen molar-refractivity contribution in [2.75, 3.05) is 12.8 Å². The van der Waals surface area contributed by atoms with Crippen LogP contribution >= 0.6 is 0 Å². The molecular weight excluding hydrogens is 273 g/mol. The predicted octanol–water partition coefficient (Wildman–Crippen LogP) is 3.13. The Bertz CT molecular complexity index is 786. The molecule has 2 aromatic carbocycles.